The topological polar surface area (TPSA) is 77.7 Å². The summed E-state index contributed by atoms with van der Waals surface area (Å²) in [5.74, 6) is -0.674. The summed E-state index contributed by atoms with van der Waals surface area (Å²) in [4.78, 5) is 33.1. The second kappa shape index (κ2) is 9.45. The van der Waals surface area contributed by atoms with Gasteiger partial charge in [-0.25, -0.2) is 4.79 Å². The summed E-state index contributed by atoms with van der Waals surface area (Å²) < 4.78 is 4.92. The number of methoxy groups -OCH3 is 1. The van der Waals surface area contributed by atoms with Gasteiger partial charge in [-0.15, -0.1) is 0 Å². The number of aromatic nitrogens is 1. The molecule has 0 unspecified atom stereocenters. The molecule has 0 bridgehead atoms. The van der Waals surface area contributed by atoms with Crippen LogP contribution in [0.15, 0.2) is 36.4 Å². The number of hydrogen-bond acceptors (Lipinski definition) is 5. The molecule has 1 atom stereocenters. The molecule has 8 heteroatoms. The summed E-state index contributed by atoms with van der Waals surface area (Å²) in [6, 6.07) is 11.4. The fraction of sp³-hybridized carbons (Fsp3) is 0.360. The molecule has 7 nitrogen and oxygen atoms in total. The molecule has 2 N–H and O–H groups in total. The summed E-state index contributed by atoms with van der Waals surface area (Å²) in [6.45, 7) is 9.05. The minimum Gasteiger partial charge on any atom is -0.464 e. The molecule has 1 aliphatic rings. The molecule has 1 aromatic heterocycles. The lowest BCUT2D eigenvalue weighted by molar-refractivity contribution is -0.120. The van der Waals surface area contributed by atoms with Crippen molar-refractivity contribution in [3.05, 3.63) is 58.2 Å². The Morgan fingerprint density at radius 2 is 1.82 bits per heavy atom. The van der Waals surface area contributed by atoms with Gasteiger partial charge in [-0.3, -0.25) is 9.69 Å². The van der Waals surface area contributed by atoms with Gasteiger partial charge in [-0.2, -0.15) is 0 Å². The zero-order valence-electron chi connectivity index (χ0n) is 19.4. The third kappa shape index (κ3) is 4.70. The van der Waals surface area contributed by atoms with Crippen molar-refractivity contribution in [3.63, 3.8) is 0 Å². The number of ether oxygens (including phenoxy) is 1. The number of piperazine rings is 1. The van der Waals surface area contributed by atoms with E-state index in [2.05, 4.69) is 27.0 Å². The first-order valence-corrected chi connectivity index (χ1v) is 11.4. The maximum atomic E-state index is 13.2. The van der Waals surface area contributed by atoms with Gasteiger partial charge in [0, 0.05) is 47.8 Å². The molecule has 2 aromatic carbocycles. The number of aromatic amines is 1. The van der Waals surface area contributed by atoms with Crippen LogP contribution in [0.5, 0.6) is 0 Å². The second-order valence-electron chi connectivity index (χ2n) is 8.53. The minimum atomic E-state index is -0.516. The van der Waals surface area contributed by atoms with Crippen LogP contribution in [-0.4, -0.2) is 61.1 Å². The Kier molecular flexibility index (Phi) is 6.63. The molecule has 1 fully saturated rings. The molecular weight excluding hydrogens is 440 g/mol. The Morgan fingerprint density at radius 3 is 2.52 bits per heavy atom. The molecule has 3 aromatic rings. The lowest BCUT2D eigenvalue weighted by Crippen LogP contribution is -2.53. The molecule has 4 rings (SSSR count). The number of halogens is 1. The van der Waals surface area contributed by atoms with Crippen molar-refractivity contribution in [2.75, 3.05) is 43.5 Å². The number of esters is 1. The number of amides is 1. The molecule has 174 valence electrons. The number of aryl methyl sites for hydroxylation is 2. The first-order chi connectivity index (χ1) is 15.8. The first-order valence-electron chi connectivity index (χ1n) is 11.0. The highest BCUT2D eigenvalue weighted by Gasteiger charge is 2.28. The van der Waals surface area contributed by atoms with Crippen molar-refractivity contribution in [3.8, 4) is 0 Å². The molecule has 0 spiro atoms. The molecule has 0 aliphatic carbocycles. The summed E-state index contributed by atoms with van der Waals surface area (Å²) in [5.41, 5.74) is 4.84. The van der Waals surface area contributed by atoms with Gasteiger partial charge in [0.25, 0.3) is 0 Å². The number of rotatable bonds is 5. The largest absolute Gasteiger partial charge is 0.464 e. The molecule has 33 heavy (non-hydrogen) atoms. The van der Waals surface area contributed by atoms with E-state index in [-0.39, 0.29) is 17.6 Å². The maximum Gasteiger partial charge on any atom is 0.356 e. The van der Waals surface area contributed by atoms with Crippen molar-refractivity contribution in [2.45, 2.75) is 26.8 Å². The third-order valence-corrected chi connectivity index (χ3v) is 6.58. The predicted molar refractivity (Wildman–Crippen MR) is 132 cm³/mol. The molecule has 1 saturated heterocycles. The number of H-pyrrole nitrogens is 1. The van der Waals surface area contributed by atoms with Crippen LogP contribution in [0.4, 0.5) is 11.4 Å². The van der Waals surface area contributed by atoms with Crippen molar-refractivity contribution < 1.29 is 14.3 Å². The standard InChI is InChI=1S/C25H29ClN4O3/c1-15-5-8-20-19(13-15)22(23(27-20)25(32)33-4)28-24(31)17(3)29-9-11-30(12-10-29)21-14-18(26)7-6-16(21)2/h5-8,13-14,17,27H,9-12H2,1-4H3,(H,28,31)/t17-/m0/s1. The monoisotopic (exact) mass is 468 g/mol. The van der Waals surface area contributed by atoms with Crippen LogP contribution in [0.3, 0.4) is 0 Å². The summed E-state index contributed by atoms with van der Waals surface area (Å²) in [6.07, 6.45) is 0. The Hall–Kier alpha value is -3.03. The number of carbonyl (C=O) groups excluding carboxylic acids is 2. The minimum absolute atomic E-state index is 0.157. The van der Waals surface area contributed by atoms with E-state index in [4.69, 9.17) is 16.3 Å². The van der Waals surface area contributed by atoms with E-state index in [1.807, 2.05) is 50.2 Å². The third-order valence-electron chi connectivity index (χ3n) is 6.35. The van der Waals surface area contributed by atoms with Crippen LogP contribution in [0.2, 0.25) is 5.02 Å². The Labute approximate surface area is 198 Å². The first kappa shape index (κ1) is 23.1. The van der Waals surface area contributed by atoms with Gasteiger partial charge in [0.05, 0.1) is 18.8 Å². The van der Waals surface area contributed by atoms with Crippen LogP contribution in [-0.2, 0) is 9.53 Å². The van der Waals surface area contributed by atoms with Gasteiger partial charge >= 0.3 is 5.97 Å². The number of nitrogens with one attached hydrogen (secondary N) is 2. The summed E-state index contributed by atoms with van der Waals surface area (Å²) >= 11 is 6.20. The number of anilines is 2. The zero-order chi connectivity index (χ0) is 23.7. The van der Waals surface area contributed by atoms with Gasteiger partial charge < -0.3 is 19.9 Å². The van der Waals surface area contributed by atoms with Gasteiger partial charge in [0.2, 0.25) is 5.91 Å². The smallest absolute Gasteiger partial charge is 0.356 e. The van der Waals surface area contributed by atoms with Crippen LogP contribution >= 0.6 is 11.6 Å². The normalized spacial score (nSPS) is 15.5. The SMILES string of the molecule is COC(=O)c1[nH]c2ccc(C)cc2c1NC(=O)[C@H](C)N1CCN(c2cc(Cl)ccc2C)CC1. The summed E-state index contributed by atoms with van der Waals surface area (Å²) in [7, 11) is 1.33. The highest BCUT2D eigenvalue weighted by Crippen LogP contribution is 2.30. The van der Waals surface area contributed by atoms with Crippen LogP contribution in [0, 0.1) is 13.8 Å². The lowest BCUT2D eigenvalue weighted by Gasteiger charge is -2.39. The predicted octanol–water partition coefficient (Wildman–Crippen LogP) is 4.37. The van der Waals surface area contributed by atoms with E-state index in [0.29, 0.717) is 5.69 Å². The molecular formula is C25H29ClN4O3. The van der Waals surface area contributed by atoms with Crippen molar-refractivity contribution in [1.82, 2.24) is 9.88 Å². The van der Waals surface area contributed by atoms with Crippen molar-refractivity contribution in [2.24, 2.45) is 0 Å². The number of nitrogens with zero attached hydrogens (tertiary/aromatic N) is 2. The maximum absolute atomic E-state index is 13.2. The number of benzene rings is 2. The number of fused-ring (bicyclic) bond motifs is 1. The highest BCUT2D eigenvalue weighted by molar-refractivity contribution is 6.30. The quantitative estimate of drug-likeness (QED) is 0.543. The lowest BCUT2D eigenvalue weighted by atomic mass is 10.1. The van der Waals surface area contributed by atoms with Gasteiger partial charge in [0.1, 0.15) is 5.69 Å². The van der Waals surface area contributed by atoms with Crippen LogP contribution in [0.25, 0.3) is 10.9 Å². The molecule has 0 radical (unpaired) electrons. The van der Waals surface area contributed by atoms with E-state index in [9.17, 15) is 9.59 Å². The highest BCUT2D eigenvalue weighted by atomic mass is 35.5. The molecule has 0 saturated carbocycles. The fourth-order valence-corrected chi connectivity index (χ4v) is 4.52. The molecule has 2 heterocycles. The Balaban J connectivity index is 1.48. The van der Waals surface area contributed by atoms with Crippen molar-refractivity contribution >= 4 is 45.8 Å². The average Bonchev–Trinajstić information content (AvgIpc) is 3.17. The zero-order valence-corrected chi connectivity index (χ0v) is 20.1. The van der Waals surface area contributed by atoms with Crippen LogP contribution < -0.4 is 10.2 Å². The summed E-state index contributed by atoms with van der Waals surface area (Å²) in [5, 5.41) is 4.50. The van der Waals surface area contributed by atoms with Crippen molar-refractivity contribution in [1.29, 1.82) is 0 Å². The van der Waals surface area contributed by atoms with Gasteiger partial charge in [-0.1, -0.05) is 29.3 Å². The van der Waals surface area contributed by atoms with Gasteiger partial charge in [0.15, 0.2) is 0 Å². The van der Waals surface area contributed by atoms with E-state index >= 15 is 0 Å². The Morgan fingerprint density at radius 1 is 1.09 bits per heavy atom. The van der Waals surface area contributed by atoms with Crippen LogP contribution in [0.1, 0.15) is 28.5 Å². The van der Waals surface area contributed by atoms with E-state index in [1.165, 1.54) is 12.7 Å². The number of hydrogen-bond donors (Lipinski definition) is 2. The number of carbonyl (C=O) groups is 2. The Bertz CT molecular complexity index is 1200. The second-order valence-corrected chi connectivity index (χ2v) is 8.97. The molecule has 1 amide bonds. The molecule has 1 aliphatic heterocycles. The fourth-order valence-electron chi connectivity index (χ4n) is 4.36. The van der Waals surface area contributed by atoms with E-state index < -0.39 is 5.97 Å². The average molecular weight is 469 g/mol. The van der Waals surface area contributed by atoms with E-state index in [1.54, 1.807) is 0 Å². The van der Waals surface area contributed by atoms with Gasteiger partial charge in [-0.05, 0) is 50.6 Å². The van der Waals surface area contributed by atoms with E-state index in [0.717, 1.165) is 53.4 Å².